The number of nitro groups is 1. The van der Waals surface area contributed by atoms with Crippen LogP contribution in [0, 0.1) is 21.7 Å². The first-order valence-electron chi connectivity index (χ1n) is 5.08. The lowest BCUT2D eigenvalue weighted by Crippen LogP contribution is -2.41. The van der Waals surface area contributed by atoms with Crippen molar-refractivity contribution < 1.29 is 18.5 Å². The molecule has 1 rings (SSSR count). The molecule has 0 saturated carbocycles. The Morgan fingerprint density at radius 1 is 1.33 bits per heavy atom. The summed E-state index contributed by atoms with van der Waals surface area (Å²) in [5.41, 5.74) is -2.59. The standard InChI is InChI=1S/C11H12F2N2O3/c1-11(2,3)14-10(16)8-6(12)4-5-7(9(8)13)15(17)18/h4-5H,1-3H3,(H,14,16). The van der Waals surface area contributed by atoms with E-state index in [9.17, 15) is 23.7 Å². The van der Waals surface area contributed by atoms with E-state index in [4.69, 9.17) is 0 Å². The van der Waals surface area contributed by atoms with Gasteiger partial charge in [0.1, 0.15) is 11.4 Å². The Bertz CT molecular complexity index is 510. The van der Waals surface area contributed by atoms with Gasteiger partial charge in [0, 0.05) is 11.6 Å². The Morgan fingerprint density at radius 3 is 2.33 bits per heavy atom. The molecule has 0 bridgehead atoms. The minimum Gasteiger partial charge on any atom is -0.347 e. The number of amides is 1. The lowest BCUT2D eigenvalue weighted by Gasteiger charge is -2.20. The molecule has 0 saturated heterocycles. The quantitative estimate of drug-likeness (QED) is 0.654. The summed E-state index contributed by atoms with van der Waals surface area (Å²) < 4.78 is 27.1. The predicted molar refractivity (Wildman–Crippen MR) is 60.2 cm³/mol. The third-order valence-electron chi connectivity index (χ3n) is 1.98. The van der Waals surface area contributed by atoms with E-state index in [0.717, 1.165) is 0 Å². The Morgan fingerprint density at radius 2 is 1.89 bits per heavy atom. The van der Waals surface area contributed by atoms with Gasteiger partial charge in [0.05, 0.1) is 4.92 Å². The molecule has 0 atom stereocenters. The van der Waals surface area contributed by atoms with Crippen LogP contribution in [0.1, 0.15) is 31.1 Å². The highest BCUT2D eigenvalue weighted by molar-refractivity contribution is 5.95. The summed E-state index contributed by atoms with van der Waals surface area (Å²) in [7, 11) is 0. The number of nitrogens with zero attached hydrogens (tertiary/aromatic N) is 1. The van der Waals surface area contributed by atoms with Crippen LogP contribution >= 0.6 is 0 Å². The van der Waals surface area contributed by atoms with Crippen molar-refractivity contribution in [1.29, 1.82) is 0 Å². The third-order valence-corrected chi connectivity index (χ3v) is 1.98. The molecule has 0 spiro atoms. The Labute approximate surface area is 102 Å². The third kappa shape index (κ3) is 2.99. The lowest BCUT2D eigenvalue weighted by atomic mass is 10.1. The van der Waals surface area contributed by atoms with Crippen molar-refractivity contribution in [1.82, 2.24) is 5.32 Å². The fraction of sp³-hybridized carbons (Fsp3) is 0.364. The number of hydrogen-bond donors (Lipinski definition) is 1. The molecule has 1 aromatic rings. The fourth-order valence-corrected chi connectivity index (χ4v) is 1.29. The van der Waals surface area contributed by atoms with Crippen molar-refractivity contribution in [3.8, 4) is 0 Å². The van der Waals surface area contributed by atoms with E-state index in [2.05, 4.69) is 5.32 Å². The molecule has 0 heterocycles. The van der Waals surface area contributed by atoms with Crippen molar-refractivity contribution in [2.24, 2.45) is 0 Å². The number of carbonyl (C=O) groups excluding carboxylic acids is 1. The number of carbonyl (C=O) groups is 1. The summed E-state index contributed by atoms with van der Waals surface area (Å²) >= 11 is 0. The highest BCUT2D eigenvalue weighted by atomic mass is 19.1. The number of rotatable bonds is 2. The van der Waals surface area contributed by atoms with Crippen LogP contribution < -0.4 is 5.32 Å². The van der Waals surface area contributed by atoms with Gasteiger partial charge in [-0.15, -0.1) is 0 Å². The van der Waals surface area contributed by atoms with Gasteiger partial charge in [-0.1, -0.05) is 0 Å². The van der Waals surface area contributed by atoms with Gasteiger partial charge in [-0.2, -0.15) is 4.39 Å². The number of halogens is 2. The van der Waals surface area contributed by atoms with Gasteiger partial charge in [-0.3, -0.25) is 14.9 Å². The molecule has 5 nitrogen and oxygen atoms in total. The number of benzene rings is 1. The van der Waals surface area contributed by atoms with Crippen LogP contribution in [0.5, 0.6) is 0 Å². The molecule has 1 amide bonds. The maximum atomic E-state index is 13.7. The molecule has 0 aliphatic carbocycles. The monoisotopic (exact) mass is 258 g/mol. The van der Waals surface area contributed by atoms with Gasteiger partial charge < -0.3 is 5.32 Å². The van der Waals surface area contributed by atoms with Gasteiger partial charge in [0.25, 0.3) is 5.91 Å². The normalized spacial score (nSPS) is 11.2. The summed E-state index contributed by atoms with van der Waals surface area (Å²) in [6, 6.07) is 1.37. The number of nitro benzene ring substituents is 1. The molecule has 0 aliphatic rings. The molecule has 0 fully saturated rings. The summed E-state index contributed by atoms with van der Waals surface area (Å²) in [6.45, 7) is 4.87. The largest absolute Gasteiger partial charge is 0.347 e. The summed E-state index contributed by atoms with van der Waals surface area (Å²) in [5, 5.41) is 12.8. The highest BCUT2D eigenvalue weighted by Gasteiger charge is 2.27. The van der Waals surface area contributed by atoms with E-state index >= 15 is 0 Å². The second-order valence-corrected chi connectivity index (χ2v) is 4.72. The van der Waals surface area contributed by atoms with Gasteiger partial charge in [0.15, 0.2) is 0 Å². The molecule has 0 aromatic heterocycles. The minimum atomic E-state index is -1.47. The molecular weight excluding hydrogens is 246 g/mol. The van der Waals surface area contributed by atoms with Crippen molar-refractivity contribution in [2.45, 2.75) is 26.3 Å². The molecule has 0 radical (unpaired) electrons. The Balaban J connectivity index is 3.28. The van der Waals surface area contributed by atoms with E-state index in [0.29, 0.717) is 12.1 Å². The van der Waals surface area contributed by atoms with Gasteiger partial charge in [0.2, 0.25) is 5.82 Å². The average molecular weight is 258 g/mol. The molecule has 18 heavy (non-hydrogen) atoms. The average Bonchev–Trinajstić information content (AvgIpc) is 2.13. The second kappa shape index (κ2) is 4.67. The van der Waals surface area contributed by atoms with E-state index in [1.165, 1.54) is 0 Å². The van der Waals surface area contributed by atoms with E-state index in [1.807, 2.05) is 0 Å². The smallest absolute Gasteiger partial charge is 0.305 e. The molecule has 1 aromatic carbocycles. The maximum Gasteiger partial charge on any atom is 0.305 e. The first kappa shape index (κ1) is 14.0. The van der Waals surface area contributed by atoms with Crippen LogP contribution in [0.25, 0.3) is 0 Å². The maximum absolute atomic E-state index is 13.7. The van der Waals surface area contributed by atoms with E-state index in [1.54, 1.807) is 20.8 Å². The van der Waals surface area contributed by atoms with Crippen LogP contribution in [0.15, 0.2) is 12.1 Å². The molecule has 7 heteroatoms. The van der Waals surface area contributed by atoms with Crippen LogP contribution in [0.3, 0.4) is 0 Å². The topological polar surface area (TPSA) is 72.2 Å². The highest BCUT2D eigenvalue weighted by Crippen LogP contribution is 2.23. The lowest BCUT2D eigenvalue weighted by molar-refractivity contribution is -0.387. The first-order chi connectivity index (χ1) is 8.13. The van der Waals surface area contributed by atoms with E-state index in [-0.39, 0.29) is 0 Å². The SMILES string of the molecule is CC(C)(C)NC(=O)c1c(F)ccc([N+](=O)[O-])c1F. The zero-order valence-electron chi connectivity index (χ0n) is 10.1. The second-order valence-electron chi connectivity index (χ2n) is 4.72. The first-order valence-corrected chi connectivity index (χ1v) is 5.08. The van der Waals surface area contributed by atoms with Gasteiger partial charge in [-0.25, -0.2) is 4.39 Å². The van der Waals surface area contributed by atoms with Gasteiger partial charge >= 0.3 is 5.69 Å². The van der Waals surface area contributed by atoms with Crippen LogP contribution in [0.4, 0.5) is 14.5 Å². The molecule has 98 valence electrons. The minimum absolute atomic E-state index is 0.679. The van der Waals surface area contributed by atoms with Crippen molar-refractivity contribution in [3.05, 3.63) is 39.4 Å². The summed E-state index contributed by atoms with van der Waals surface area (Å²) in [4.78, 5) is 21.2. The molecule has 0 unspecified atom stereocenters. The van der Waals surface area contributed by atoms with Crippen LogP contribution in [-0.2, 0) is 0 Å². The summed E-state index contributed by atoms with van der Waals surface area (Å²) in [6.07, 6.45) is 0. The molecular formula is C11H12F2N2O3. The predicted octanol–water partition coefficient (Wildman–Crippen LogP) is 2.40. The number of hydrogen-bond acceptors (Lipinski definition) is 3. The Kier molecular flexibility index (Phi) is 3.64. The van der Waals surface area contributed by atoms with E-state index < -0.39 is 39.3 Å². The molecule has 0 aliphatic heterocycles. The zero-order chi connectivity index (χ0) is 14.1. The van der Waals surface area contributed by atoms with Crippen LogP contribution in [0.2, 0.25) is 0 Å². The zero-order valence-corrected chi connectivity index (χ0v) is 10.1. The van der Waals surface area contributed by atoms with Crippen molar-refractivity contribution in [2.75, 3.05) is 0 Å². The van der Waals surface area contributed by atoms with Crippen molar-refractivity contribution >= 4 is 11.6 Å². The number of nitrogens with one attached hydrogen (secondary N) is 1. The molecule has 1 N–H and O–H groups in total. The Hall–Kier alpha value is -2.05. The summed E-state index contributed by atoms with van der Waals surface area (Å²) in [5.74, 6) is -3.64. The van der Waals surface area contributed by atoms with Gasteiger partial charge in [-0.05, 0) is 26.8 Å². The van der Waals surface area contributed by atoms with Crippen LogP contribution in [-0.4, -0.2) is 16.4 Å². The fourth-order valence-electron chi connectivity index (χ4n) is 1.29. The van der Waals surface area contributed by atoms with Crippen molar-refractivity contribution in [3.63, 3.8) is 0 Å².